The number of nitrogens with zero attached hydrogens (tertiary/aromatic N) is 1. The summed E-state index contributed by atoms with van der Waals surface area (Å²) in [4.78, 5) is 2.00. The van der Waals surface area contributed by atoms with E-state index in [-0.39, 0.29) is 12.4 Å². The summed E-state index contributed by atoms with van der Waals surface area (Å²) in [5.41, 5.74) is 0. The van der Waals surface area contributed by atoms with Gasteiger partial charge in [-0.2, -0.15) is 0 Å². The first-order chi connectivity index (χ1) is 9.15. The Kier molecular flexibility index (Phi) is 31.6. The van der Waals surface area contributed by atoms with Crippen molar-refractivity contribution in [2.24, 2.45) is 0 Å². The molecule has 0 radical (unpaired) electrons. The Morgan fingerprint density at radius 1 is 0.600 bits per heavy atom. The van der Waals surface area contributed by atoms with Crippen molar-refractivity contribution in [1.29, 1.82) is 0 Å². The van der Waals surface area contributed by atoms with E-state index < -0.39 is 0 Å². The Morgan fingerprint density at radius 3 is 1.10 bits per heavy atom. The summed E-state index contributed by atoms with van der Waals surface area (Å²) in [5.74, 6) is 0. The monoisotopic (exact) mass is 325 g/mol. The Labute approximate surface area is 138 Å². The van der Waals surface area contributed by atoms with Crippen LogP contribution in [0.5, 0.6) is 0 Å². The van der Waals surface area contributed by atoms with E-state index in [0.29, 0.717) is 0 Å². The van der Waals surface area contributed by atoms with Crippen LogP contribution < -0.4 is 0 Å². The van der Waals surface area contributed by atoms with Crippen molar-refractivity contribution in [3.05, 3.63) is 0 Å². The second-order valence-corrected chi connectivity index (χ2v) is 6.60. The van der Waals surface area contributed by atoms with Crippen molar-refractivity contribution in [3.63, 3.8) is 0 Å². The van der Waals surface area contributed by atoms with E-state index in [4.69, 9.17) is 0 Å². The number of rotatable bonds is 12. The Hall–Kier alpha value is 0.680. The Balaban J connectivity index is -0.000000508. The van der Waals surface area contributed by atoms with Crippen molar-refractivity contribution in [2.45, 2.75) is 84.0 Å². The molecule has 0 amide bonds. The number of hydrogen-bond acceptors (Lipinski definition) is 1. The molecular weight excluding hydrogens is 285 g/mol. The van der Waals surface area contributed by atoms with Gasteiger partial charge < -0.3 is 4.90 Å². The van der Waals surface area contributed by atoms with Crippen LogP contribution in [0.25, 0.3) is 0 Å². The van der Waals surface area contributed by atoms with E-state index in [1.54, 1.807) is 0 Å². The first kappa shape index (κ1) is 25.6. The van der Waals surface area contributed by atoms with E-state index in [9.17, 15) is 0 Å². The molecule has 1 nitrogen and oxygen atoms in total. The van der Waals surface area contributed by atoms with Crippen molar-refractivity contribution >= 4 is 21.6 Å². The van der Waals surface area contributed by atoms with Crippen LogP contribution in [-0.2, 0) is 0 Å². The zero-order valence-electron chi connectivity index (χ0n) is 14.6. The van der Waals surface area contributed by atoms with Gasteiger partial charge in [-0.15, -0.1) is 21.6 Å². The van der Waals surface area contributed by atoms with Crippen molar-refractivity contribution < 1.29 is 0 Å². The molecule has 0 aromatic carbocycles. The minimum Gasteiger partial charge on any atom is -0.312 e. The minimum absolute atomic E-state index is 0. The van der Waals surface area contributed by atoms with Gasteiger partial charge in [0, 0.05) is 0 Å². The van der Waals surface area contributed by atoms with E-state index >= 15 is 0 Å². The zero-order valence-corrected chi connectivity index (χ0v) is 16.6. The van der Waals surface area contributed by atoms with E-state index in [1.165, 1.54) is 83.2 Å². The fourth-order valence-electron chi connectivity index (χ4n) is 1.99. The second-order valence-electron chi connectivity index (χ2n) is 6.02. The van der Waals surface area contributed by atoms with Gasteiger partial charge in [-0.3, -0.25) is 0 Å². The van der Waals surface area contributed by atoms with Gasteiger partial charge >= 0.3 is 0 Å². The van der Waals surface area contributed by atoms with Crippen LogP contribution in [0, 0.1) is 0 Å². The molecule has 1 unspecified atom stereocenters. The standard InChI is InChI=1S/C14H31P.C3H9N.ClH/c1-2-3-4-5-6-7-8-9-10-11-12-13-14-15;1-4(2)3;/h2-15H2,1H3;1-3H3;1H. The third kappa shape index (κ3) is 36.3. The summed E-state index contributed by atoms with van der Waals surface area (Å²) in [6, 6.07) is 0. The predicted molar refractivity (Wildman–Crippen MR) is 103 cm³/mol. The molecule has 0 N–H and O–H groups in total. The molecule has 1 atom stereocenters. The van der Waals surface area contributed by atoms with E-state index in [0.717, 1.165) is 0 Å². The second kappa shape index (κ2) is 24.7. The van der Waals surface area contributed by atoms with E-state index in [1.807, 2.05) is 26.0 Å². The van der Waals surface area contributed by atoms with Crippen LogP contribution in [-0.4, -0.2) is 32.2 Å². The van der Waals surface area contributed by atoms with Crippen LogP contribution in [0.4, 0.5) is 0 Å². The summed E-state index contributed by atoms with van der Waals surface area (Å²) >= 11 is 0. The van der Waals surface area contributed by atoms with Crippen molar-refractivity contribution in [3.8, 4) is 0 Å². The van der Waals surface area contributed by atoms with Gasteiger partial charge in [0.25, 0.3) is 0 Å². The highest BCUT2D eigenvalue weighted by Crippen LogP contribution is 2.11. The first-order valence-corrected chi connectivity index (χ1v) is 9.27. The largest absolute Gasteiger partial charge is 0.312 e. The van der Waals surface area contributed by atoms with Gasteiger partial charge in [-0.05, 0) is 33.7 Å². The molecule has 0 aliphatic rings. The maximum Gasteiger partial charge on any atom is -0.0140 e. The van der Waals surface area contributed by atoms with E-state index in [2.05, 4.69) is 16.2 Å². The molecule has 0 aliphatic heterocycles. The summed E-state index contributed by atoms with van der Waals surface area (Å²) in [6.45, 7) is 2.29. The molecule has 0 rings (SSSR count). The first-order valence-electron chi connectivity index (χ1n) is 8.46. The maximum absolute atomic E-state index is 2.81. The lowest BCUT2D eigenvalue weighted by molar-refractivity contribution is 0.505. The third-order valence-corrected chi connectivity index (χ3v) is 3.47. The molecule has 0 fully saturated rings. The number of unbranched alkanes of at least 4 members (excludes halogenated alkanes) is 11. The molecule has 0 saturated heterocycles. The highest BCUT2D eigenvalue weighted by atomic mass is 35.5. The lowest BCUT2D eigenvalue weighted by Crippen LogP contribution is -1.99. The quantitative estimate of drug-likeness (QED) is 0.306. The lowest BCUT2D eigenvalue weighted by atomic mass is 10.1. The van der Waals surface area contributed by atoms with Gasteiger partial charge in [-0.1, -0.05) is 77.6 Å². The topological polar surface area (TPSA) is 3.24 Å². The lowest BCUT2D eigenvalue weighted by Gasteiger charge is -2.01. The maximum atomic E-state index is 2.81. The molecule has 0 bridgehead atoms. The van der Waals surface area contributed by atoms with Gasteiger partial charge in [0.1, 0.15) is 0 Å². The smallest absolute Gasteiger partial charge is 0.0140 e. The van der Waals surface area contributed by atoms with Crippen LogP contribution in [0.1, 0.15) is 84.0 Å². The van der Waals surface area contributed by atoms with Gasteiger partial charge in [0.2, 0.25) is 0 Å². The molecule has 3 heteroatoms. The molecule has 0 saturated carbocycles. The summed E-state index contributed by atoms with van der Waals surface area (Å²) < 4.78 is 0. The summed E-state index contributed by atoms with van der Waals surface area (Å²) in [5, 5.41) is 0. The third-order valence-electron chi connectivity index (χ3n) is 3.06. The summed E-state index contributed by atoms with van der Waals surface area (Å²) in [6.07, 6.45) is 18.7. The molecule has 0 aromatic heterocycles. The fourth-order valence-corrected chi connectivity index (χ4v) is 2.27. The molecule has 0 aromatic rings. The highest BCUT2D eigenvalue weighted by molar-refractivity contribution is 7.16. The average molecular weight is 326 g/mol. The Bertz CT molecular complexity index is 128. The zero-order chi connectivity index (χ0) is 14.8. The molecule has 0 heterocycles. The SMILES string of the molecule is CCCCCCCCCCCCCCP.CN(C)C.Cl. The van der Waals surface area contributed by atoms with Crippen molar-refractivity contribution in [2.75, 3.05) is 27.3 Å². The predicted octanol–water partition coefficient (Wildman–Crippen LogP) is 6.16. The summed E-state index contributed by atoms with van der Waals surface area (Å²) in [7, 11) is 8.81. The van der Waals surface area contributed by atoms with Gasteiger partial charge in [-0.25, -0.2) is 0 Å². The average Bonchev–Trinajstić information content (AvgIpc) is 2.35. The van der Waals surface area contributed by atoms with Crippen LogP contribution in [0.15, 0.2) is 0 Å². The number of hydrogen-bond donors (Lipinski definition) is 0. The fraction of sp³-hybridized carbons (Fsp3) is 1.00. The van der Waals surface area contributed by atoms with Crippen LogP contribution in [0.2, 0.25) is 0 Å². The minimum atomic E-state index is 0. The Morgan fingerprint density at radius 2 is 0.850 bits per heavy atom. The molecular formula is C17H41ClNP. The number of halogens is 1. The van der Waals surface area contributed by atoms with Crippen LogP contribution in [0.3, 0.4) is 0 Å². The molecule has 0 spiro atoms. The van der Waals surface area contributed by atoms with Crippen LogP contribution >= 0.6 is 21.6 Å². The molecule has 20 heavy (non-hydrogen) atoms. The van der Waals surface area contributed by atoms with Crippen molar-refractivity contribution in [1.82, 2.24) is 4.90 Å². The normalized spacial score (nSPS) is 9.90. The molecule has 126 valence electrons. The van der Waals surface area contributed by atoms with Gasteiger partial charge in [0.15, 0.2) is 0 Å². The molecule has 0 aliphatic carbocycles. The highest BCUT2D eigenvalue weighted by Gasteiger charge is 1.92. The van der Waals surface area contributed by atoms with Gasteiger partial charge in [0.05, 0.1) is 0 Å².